The van der Waals surface area contributed by atoms with Crippen LogP contribution in [0.2, 0.25) is 25.7 Å². The van der Waals surface area contributed by atoms with E-state index >= 15 is 0 Å². The minimum atomic E-state index is -1.09. The summed E-state index contributed by atoms with van der Waals surface area (Å²) in [5, 5.41) is 0. The van der Waals surface area contributed by atoms with Crippen LogP contribution in [0.3, 0.4) is 0 Å². The smallest absolute Gasteiger partial charge is 0.306 e. The molecule has 3 heteroatoms. The zero-order chi connectivity index (χ0) is 12.7. The molecule has 0 heterocycles. The third kappa shape index (κ3) is 6.95. The number of benzene rings is 1. The van der Waals surface area contributed by atoms with Gasteiger partial charge >= 0.3 is 5.97 Å². The summed E-state index contributed by atoms with van der Waals surface area (Å²) < 4.78 is 5.23. The minimum absolute atomic E-state index is 0.0870. The predicted octanol–water partition coefficient (Wildman–Crippen LogP) is 3.30. The Morgan fingerprint density at radius 1 is 1.29 bits per heavy atom. The molecule has 1 aromatic carbocycles. The molecule has 0 aliphatic carbocycles. The maximum Gasteiger partial charge on any atom is 0.306 e. The molecule has 0 saturated heterocycles. The van der Waals surface area contributed by atoms with Crippen LogP contribution < -0.4 is 0 Å². The fourth-order valence-corrected chi connectivity index (χ4v) is 2.09. The molecule has 0 bridgehead atoms. The lowest BCUT2D eigenvalue weighted by Gasteiger charge is -2.15. The normalized spacial score (nSPS) is 11.2. The summed E-state index contributed by atoms with van der Waals surface area (Å²) in [7, 11) is -1.09. The Kier molecular flexibility index (Phi) is 5.42. The Morgan fingerprint density at radius 2 is 1.94 bits per heavy atom. The largest absolute Gasteiger partial charge is 0.466 e. The van der Waals surface area contributed by atoms with Crippen LogP contribution >= 0.6 is 0 Å². The van der Waals surface area contributed by atoms with Gasteiger partial charge in [-0.1, -0.05) is 43.9 Å². The highest BCUT2D eigenvalue weighted by Gasteiger charge is 2.13. The van der Waals surface area contributed by atoms with Crippen LogP contribution in [0, 0.1) is 6.07 Å². The summed E-state index contributed by atoms with van der Waals surface area (Å²) in [6.07, 6.45) is 1.22. The molecule has 0 spiro atoms. The Bertz CT molecular complexity index is 341. The summed E-state index contributed by atoms with van der Waals surface area (Å²) >= 11 is 0. The van der Waals surface area contributed by atoms with Gasteiger partial charge in [-0.15, -0.1) is 0 Å². The van der Waals surface area contributed by atoms with Crippen molar-refractivity contribution in [2.45, 2.75) is 38.5 Å². The van der Waals surface area contributed by atoms with E-state index in [0.717, 1.165) is 18.0 Å². The quantitative estimate of drug-likeness (QED) is 0.571. The molecular weight excluding hydrogens is 228 g/mol. The van der Waals surface area contributed by atoms with Crippen molar-refractivity contribution in [3.8, 4) is 0 Å². The zero-order valence-electron chi connectivity index (χ0n) is 11.0. The van der Waals surface area contributed by atoms with Crippen molar-refractivity contribution in [1.82, 2.24) is 0 Å². The molecule has 17 heavy (non-hydrogen) atoms. The molecule has 1 radical (unpaired) electrons. The predicted molar refractivity (Wildman–Crippen MR) is 72.7 cm³/mol. The second-order valence-corrected chi connectivity index (χ2v) is 11.1. The number of hydrogen-bond donors (Lipinski definition) is 0. The van der Waals surface area contributed by atoms with Gasteiger partial charge in [0.15, 0.2) is 0 Å². The lowest BCUT2D eigenvalue weighted by molar-refractivity contribution is -0.143. The van der Waals surface area contributed by atoms with Crippen LogP contribution in [-0.2, 0) is 16.0 Å². The molecule has 0 atom stereocenters. The van der Waals surface area contributed by atoms with Crippen molar-refractivity contribution in [2.24, 2.45) is 0 Å². The monoisotopic (exact) mass is 249 g/mol. The first-order valence-electron chi connectivity index (χ1n) is 6.08. The molecule has 1 rings (SSSR count). The highest BCUT2D eigenvalue weighted by molar-refractivity contribution is 6.76. The van der Waals surface area contributed by atoms with E-state index in [1.165, 1.54) is 0 Å². The maximum absolute atomic E-state index is 11.5. The second-order valence-electron chi connectivity index (χ2n) is 5.44. The topological polar surface area (TPSA) is 26.3 Å². The number of rotatable bonds is 6. The van der Waals surface area contributed by atoms with E-state index in [4.69, 9.17) is 4.74 Å². The number of carbonyl (C=O) groups excluding carboxylic acids is 1. The minimum Gasteiger partial charge on any atom is -0.466 e. The summed E-state index contributed by atoms with van der Waals surface area (Å²) in [5.41, 5.74) is 1.16. The van der Waals surface area contributed by atoms with Crippen molar-refractivity contribution in [1.29, 1.82) is 0 Å². The lowest BCUT2D eigenvalue weighted by Crippen LogP contribution is -2.22. The van der Waals surface area contributed by atoms with Crippen LogP contribution in [0.15, 0.2) is 24.3 Å². The van der Waals surface area contributed by atoms with Crippen LogP contribution in [0.5, 0.6) is 0 Å². The Hall–Kier alpha value is -1.09. The van der Waals surface area contributed by atoms with E-state index in [9.17, 15) is 4.79 Å². The van der Waals surface area contributed by atoms with Crippen molar-refractivity contribution < 1.29 is 9.53 Å². The Labute approximate surface area is 105 Å². The first-order valence-corrected chi connectivity index (χ1v) is 9.79. The molecule has 0 amide bonds. The number of esters is 1. The van der Waals surface area contributed by atoms with Gasteiger partial charge in [-0.25, -0.2) is 0 Å². The molecule has 0 unspecified atom stereocenters. The highest BCUT2D eigenvalue weighted by atomic mass is 28.3. The number of ether oxygens (including phenoxy) is 1. The van der Waals surface area contributed by atoms with Gasteiger partial charge < -0.3 is 4.74 Å². The molecule has 0 saturated carbocycles. The molecule has 2 nitrogen and oxygen atoms in total. The molecule has 0 aromatic heterocycles. The first-order chi connectivity index (χ1) is 7.97. The molecule has 93 valence electrons. The summed E-state index contributed by atoms with van der Waals surface area (Å²) in [6.45, 7) is 7.42. The van der Waals surface area contributed by atoms with Gasteiger partial charge in [-0.05, 0) is 24.1 Å². The van der Waals surface area contributed by atoms with Gasteiger partial charge in [0.2, 0.25) is 0 Å². The standard InChI is InChI=1S/C14H21O2Si/c1-17(2,3)12-11-16-14(15)10-9-13-7-5-4-6-8-13/h5-8H,9-12H2,1-3H3. The van der Waals surface area contributed by atoms with Crippen molar-refractivity contribution in [3.05, 3.63) is 35.9 Å². The van der Waals surface area contributed by atoms with E-state index in [1.54, 1.807) is 0 Å². The maximum atomic E-state index is 11.5. The Morgan fingerprint density at radius 3 is 2.53 bits per heavy atom. The lowest BCUT2D eigenvalue weighted by atomic mass is 10.1. The summed E-state index contributed by atoms with van der Waals surface area (Å²) in [5.74, 6) is -0.0870. The molecule has 0 aliphatic rings. The summed E-state index contributed by atoms with van der Waals surface area (Å²) in [4.78, 5) is 11.5. The first kappa shape index (κ1) is 14.0. The average Bonchev–Trinajstić information content (AvgIpc) is 2.26. The Balaban J connectivity index is 2.18. The van der Waals surface area contributed by atoms with Gasteiger partial charge in [-0.2, -0.15) is 0 Å². The van der Waals surface area contributed by atoms with Gasteiger partial charge in [-0.3, -0.25) is 4.79 Å². The average molecular weight is 249 g/mol. The van der Waals surface area contributed by atoms with Gasteiger partial charge in [0.25, 0.3) is 0 Å². The van der Waals surface area contributed by atoms with Crippen molar-refractivity contribution in [2.75, 3.05) is 6.61 Å². The van der Waals surface area contributed by atoms with Crippen LogP contribution in [-0.4, -0.2) is 20.7 Å². The SMILES string of the molecule is C[Si](C)(C)CCOC(=O)CCc1cc[c]cc1. The second kappa shape index (κ2) is 6.60. The van der Waals surface area contributed by atoms with E-state index < -0.39 is 8.07 Å². The van der Waals surface area contributed by atoms with Crippen LogP contribution in [0.25, 0.3) is 0 Å². The van der Waals surface area contributed by atoms with E-state index in [2.05, 4.69) is 25.7 Å². The molecule has 0 aliphatic heterocycles. The highest BCUT2D eigenvalue weighted by Crippen LogP contribution is 2.08. The van der Waals surface area contributed by atoms with Gasteiger partial charge in [0.1, 0.15) is 0 Å². The fourth-order valence-electron chi connectivity index (χ4n) is 1.38. The van der Waals surface area contributed by atoms with E-state index in [1.807, 2.05) is 24.3 Å². The third-order valence-corrected chi connectivity index (χ3v) is 4.22. The molecular formula is C14H21O2Si. The van der Waals surface area contributed by atoms with Crippen LogP contribution in [0.4, 0.5) is 0 Å². The van der Waals surface area contributed by atoms with Crippen molar-refractivity contribution >= 4 is 14.0 Å². The number of aryl methyl sites for hydroxylation is 1. The zero-order valence-corrected chi connectivity index (χ0v) is 12.0. The number of carbonyl (C=O) groups is 1. The van der Waals surface area contributed by atoms with Gasteiger partial charge in [0, 0.05) is 14.5 Å². The molecule has 0 N–H and O–H groups in total. The van der Waals surface area contributed by atoms with Crippen LogP contribution in [0.1, 0.15) is 12.0 Å². The van der Waals surface area contributed by atoms with Crippen molar-refractivity contribution in [3.63, 3.8) is 0 Å². The van der Waals surface area contributed by atoms with E-state index in [0.29, 0.717) is 13.0 Å². The third-order valence-electron chi connectivity index (χ3n) is 2.52. The van der Waals surface area contributed by atoms with E-state index in [-0.39, 0.29) is 5.97 Å². The van der Waals surface area contributed by atoms with Gasteiger partial charge in [0.05, 0.1) is 6.61 Å². The fraction of sp³-hybridized carbons (Fsp3) is 0.500. The summed E-state index contributed by atoms with van der Waals surface area (Å²) in [6, 6.07) is 11.7. The molecule has 1 aromatic rings. The number of hydrogen-bond acceptors (Lipinski definition) is 2. The molecule has 0 fully saturated rings.